The van der Waals surface area contributed by atoms with E-state index in [4.69, 9.17) is 10.00 Å². The smallest absolute Gasteiger partial charge is 0.255 e. The molecule has 0 aliphatic rings. The van der Waals surface area contributed by atoms with Crippen LogP contribution < -0.4 is 10.3 Å². The SMILES string of the molecule is CCOc1ccccc1-c1ccc(CC#N)c(=O)n1C. The van der Waals surface area contributed by atoms with Crippen LogP contribution in [0.3, 0.4) is 0 Å². The molecule has 0 atom stereocenters. The maximum Gasteiger partial charge on any atom is 0.255 e. The Labute approximate surface area is 117 Å². The van der Waals surface area contributed by atoms with Crippen molar-refractivity contribution in [2.75, 3.05) is 6.61 Å². The lowest BCUT2D eigenvalue weighted by Crippen LogP contribution is -2.22. The summed E-state index contributed by atoms with van der Waals surface area (Å²) in [6.07, 6.45) is 0.125. The van der Waals surface area contributed by atoms with Crippen LogP contribution in [0.2, 0.25) is 0 Å². The molecule has 20 heavy (non-hydrogen) atoms. The van der Waals surface area contributed by atoms with Gasteiger partial charge in [-0.1, -0.05) is 18.2 Å². The summed E-state index contributed by atoms with van der Waals surface area (Å²) in [6.45, 7) is 2.49. The van der Waals surface area contributed by atoms with E-state index in [1.54, 1.807) is 17.7 Å². The van der Waals surface area contributed by atoms with Crippen molar-refractivity contribution in [3.63, 3.8) is 0 Å². The molecule has 0 fully saturated rings. The molecule has 4 nitrogen and oxygen atoms in total. The third-order valence-corrected chi connectivity index (χ3v) is 3.12. The maximum atomic E-state index is 12.2. The first kappa shape index (κ1) is 13.9. The van der Waals surface area contributed by atoms with Crippen LogP contribution in [0.25, 0.3) is 11.3 Å². The van der Waals surface area contributed by atoms with Gasteiger partial charge in [0, 0.05) is 18.2 Å². The summed E-state index contributed by atoms with van der Waals surface area (Å²) >= 11 is 0. The summed E-state index contributed by atoms with van der Waals surface area (Å²) in [7, 11) is 1.71. The Bertz CT molecular complexity index is 711. The highest BCUT2D eigenvalue weighted by atomic mass is 16.5. The molecule has 0 spiro atoms. The summed E-state index contributed by atoms with van der Waals surface area (Å²) < 4.78 is 7.16. The molecule has 2 rings (SSSR count). The highest BCUT2D eigenvalue weighted by molar-refractivity contribution is 5.67. The first-order valence-corrected chi connectivity index (χ1v) is 6.47. The fourth-order valence-corrected chi connectivity index (χ4v) is 2.14. The molecule has 0 saturated carbocycles. The normalized spacial score (nSPS) is 10.1. The van der Waals surface area contributed by atoms with E-state index in [1.165, 1.54) is 0 Å². The minimum atomic E-state index is -0.143. The van der Waals surface area contributed by atoms with Gasteiger partial charge in [0.2, 0.25) is 0 Å². The molecule has 0 bridgehead atoms. The second kappa shape index (κ2) is 6.07. The molecule has 0 aliphatic heterocycles. The third kappa shape index (κ3) is 2.57. The summed E-state index contributed by atoms with van der Waals surface area (Å²) in [5, 5.41) is 8.72. The van der Waals surface area contributed by atoms with Crippen LogP contribution in [-0.2, 0) is 13.5 Å². The van der Waals surface area contributed by atoms with E-state index in [0.717, 1.165) is 17.0 Å². The number of ether oxygens (including phenoxy) is 1. The van der Waals surface area contributed by atoms with Gasteiger partial charge in [-0.3, -0.25) is 4.79 Å². The topological polar surface area (TPSA) is 55.0 Å². The molecule has 4 heteroatoms. The molecular weight excluding hydrogens is 252 g/mol. The number of hydrogen-bond donors (Lipinski definition) is 0. The zero-order chi connectivity index (χ0) is 14.5. The molecular formula is C16H16N2O2. The first-order chi connectivity index (χ1) is 9.69. The number of nitrogens with zero attached hydrogens (tertiary/aromatic N) is 2. The van der Waals surface area contributed by atoms with Gasteiger partial charge in [0.15, 0.2) is 0 Å². The molecule has 0 amide bonds. The number of pyridine rings is 1. The number of hydrogen-bond acceptors (Lipinski definition) is 3. The quantitative estimate of drug-likeness (QED) is 0.856. The van der Waals surface area contributed by atoms with E-state index in [1.807, 2.05) is 43.3 Å². The lowest BCUT2D eigenvalue weighted by atomic mass is 10.1. The average Bonchev–Trinajstić information content (AvgIpc) is 2.46. The van der Waals surface area contributed by atoms with E-state index >= 15 is 0 Å². The molecule has 0 N–H and O–H groups in total. The molecule has 102 valence electrons. The Kier molecular flexibility index (Phi) is 4.21. The Morgan fingerprint density at radius 3 is 2.70 bits per heavy atom. The summed E-state index contributed by atoms with van der Waals surface area (Å²) in [5.74, 6) is 0.748. The molecule has 1 aromatic carbocycles. The Morgan fingerprint density at radius 2 is 2.00 bits per heavy atom. The minimum Gasteiger partial charge on any atom is -0.493 e. The van der Waals surface area contributed by atoms with Crippen LogP contribution in [0.15, 0.2) is 41.2 Å². The van der Waals surface area contributed by atoms with E-state index in [9.17, 15) is 4.79 Å². The monoisotopic (exact) mass is 268 g/mol. The van der Waals surface area contributed by atoms with Crippen LogP contribution in [0.4, 0.5) is 0 Å². The number of benzene rings is 1. The zero-order valence-corrected chi connectivity index (χ0v) is 11.6. The minimum absolute atomic E-state index is 0.125. The van der Waals surface area contributed by atoms with Gasteiger partial charge in [-0.15, -0.1) is 0 Å². The number of rotatable bonds is 4. The van der Waals surface area contributed by atoms with Gasteiger partial charge in [0.05, 0.1) is 24.8 Å². The lowest BCUT2D eigenvalue weighted by molar-refractivity contribution is 0.341. The second-order valence-corrected chi connectivity index (χ2v) is 4.37. The second-order valence-electron chi connectivity index (χ2n) is 4.37. The highest BCUT2D eigenvalue weighted by Gasteiger charge is 2.11. The Hall–Kier alpha value is -2.54. The van der Waals surface area contributed by atoms with Crippen LogP contribution in [0, 0.1) is 11.3 Å². The number of nitriles is 1. The number of para-hydroxylation sites is 1. The van der Waals surface area contributed by atoms with Gasteiger partial charge < -0.3 is 9.30 Å². The molecule has 0 aliphatic carbocycles. The average molecular weight is 268 g/mol. The summed E-state index contributed by atoms with van der Waals surface area (Å²) in [6, 6.07) is 13.2. The van der Waals surface area contributed by atoms with Crippen LogP contribution in [-0.4, -0.2) is 11.2 Å². The van der Waals surface area contributed by atoms with Gasteiger partial charge in [-0.05, 0) is 25.1 Å². The third-order valence-electron chi connectivity index (χ3n) is 3.12. The highest BCUT2D eigenvalue weighted by Crippen LogP contribution is 2.28. The van der Waals surface area contributed by atoms with Crippen molar-refractivity contribution in [3.8, 4) is 23.1 Å². The van der Waals surface area contributed by atoms with E-state index in [2.05, 4.69) is 0 Å². The number of aromatic nitrogens is 1. The van der Waals surface area contributed by atoms with Crippen LogP contribution >= 0.6 is 0 Å². The van der Waals surface area contributed by atoms with E-state index < -0.39 is 0 Å². The van der Waals surface area contributed by atoms with Crippen molar-refractivity contribution in [2.24, 2.45) is 7.05 Å². The van der Waals surface area contributed by atoms with Crippen molar-refractivity contribution in [1.82, 2.24) is 4.57 Å². The largest absolute Gasteiger partial charge is 0.493 e. The van der Waals surface area contributed by atoms with Gasteiger partial charge >= 0.3 is 0 Å². The van der Waals surface area contributed by atoms with Crippen molar-refractivity contribution < 1.29 is 4.74 Å². The zero-order valence-electron chi connectivity index (χ0n) is 11.6. The summed E-state index contributed by atoms with van der Waals surface area (Å²) in [5.41, 5.74) is 2.01. The van der Waals surface area contributed by atoms with Crippen LogP contribution in [0.5, 0.6) is 5.75 Å². The predicted octanol–water partition coefficient (Wildman–Crippen LogP) is 2.52. The Morgan fingerprint density at radius 1 is 1.25 bits per heavy atom. The predicted molar refractivity (Wildman–Crippen MR) is 77.6 cm³/mol. The standard InChI is InChI=1S/C16H16N2O2/c1-3-20-15-7-5-4-6-13(15)14-9-8-12(10-11-17)16(19)18(14)2/h4-9H,3,10H2,1-2H3. The van der Waals surface area contributed by atoms with Crippen molar-refractivity contribution >= 4 is 0 Å². The van der Waals surface area contributed by atoms with Gasteiger partial charge in [-0.25, -0.2) is 0 Å². The van der Waals surface area contributed by atoms with E-state index in [-0.39, 0.29) is 12.0 Å². The molecule has 0 saturated heterocycles. The lowest BCUT2D eigenvalue weighted by Gasteiger charge is -2.13. The van der Waals surface area contributed by atoms with E-state index in [0.29, 0.717) is 12.2 Å². The molecule has 1 aromatic heterocycles. The van der Waals surface area contributed by atoms with Crippen LogP contribution in [0.1, 0.15) is 12.5 Å². The first-order valence-electron chi connectivity index (χ1n) is 6.47. The molecule has 1 heterocycles. The van der Waals surface area contributed by atoms with Crippen molar-refractivity contribution in [2.45, 2.75) is 13.3 Å². The van der Waals surface area contributed by atoms with Crippen molar-refractivity contribution in [1.29, 1.82) is 5.26 Å². The maximum absolute atomic E-state index is 12.2. The van der Waals surface area contributed by atoms with Gasteiger partial charge in [-0.2, -0.15) is 5.26 Å². The fourth-order valence-electron chi connectivity index (χ4n) is 2.14. The summed E-state index contributed by atoms with van der Waals surface area (Å²) in [4.78, 5) is 12.2. The molecule has 0 unspecified atom stereocenters. The molecule has 2 aromatic rings. The van der Waals surface area contributed by atoms with Crippen molar-refractivity contribution in [3.05, 3.63) is 52.3 Å². The van der Waals surface area contributed by atoms with Gasteiger partial charge in [0.1, 0.15) is 5.75 Å². The molecule has 0 radical (unpaired) electrons. The Balaban J connectivity index is 2.57. The fraction of sp³-hybridized carbons (Fsp3) is 0.250. The van der Waals surface area contributed by atoms with Gasteiger partial charge in [0.25, 0.3) is 5.56 Å².